The summed E-state index contributed by atoms with van der Waals surface area (Å²) in [6, 6.07) is 19.7. The van der Waals surface area contributed by atoms with E-state index in [0.717, 1.165) is 18.7 Å². The zero-order chi connectivity index (χ0) is 27.8. The van der Waals surface area contributed by atoms with E-state index in [1.54, 1.807) is 30.3 Å². The van der Waals surface area contributed by atoms with Crippen LogP contribution in [-0.4, -0.2) is 53.2 Å². The number of halogens is 1. The normalized spacial score (nSPS) is 19.1. The molecule has 8 nitrogen and oxygen atoms in total. The van der Waals surface area contributed by atoms with Crippen LogP contribution in [0.15, 0.2) is 60.7 Å². The van der Waals surface area contributed by atoms with E-state index in [2.05, 4.69) is 21.6 Å². The van der Waals surface area contributed by atoms with Gasteiger partial charge in [-0.05, 0) is 47.9 Å². The van der Waals surface area contributed by atoms with Crippen molar-refractivity contribution in [1.82, 2.24) is 15.1 Å². The third-order valence-corrected chi connectivity index (χ3v) is 8.01. The molecule has 40 heavy (non-hydrogen) atoms. The van der Waals surface area contributed by atoms with Gasteiger partial charge in [0.1, 0.15) is 5.82 Å². The van der Waals surface area contributed by atoms with E-state index in [1.807, 2.05) is 30.3 Å². The Morgan fingerprint density at radius 2 is 1.82 bits per heavy atom. The number of carbonyl (C=O) groups is 3. The number of nitriles is 1. The van der Waals surface area contributed by atoms with E-state index in [4.69, 9.17) is 5.26 Å². The number of rotatable bonds is 7. The van der Waals surface area contributed by atoms with Crippen LogP contribution in [0.4, 0.5) is 10.1 Å². The van der Waals surface area contributed by atoms with Gasteiger partial charge in [-0.1, -0.05) is 30.3 Å². The third-order valence-electron chi connectivity index (χ3n) is 8.01. The number of benzene rings is 3. The number of nitrogens with one attached hydrogen (secondary N) is 2. The van der Waals surface area contributed by atoms with Crippen molar-refractivity contribution in [3.63, 3.8) is 0 Å². The minimum Gasteiger partial charge on any atom is -0.380 e. The molecule has 202 valence electrons. The van der Waals surface area contributed by atoms with Crippen molar-refractivity contribution < 1.29 is 18.8 Å². The topological polar surface area (TPSA) is 106 Å². The zero-order valence-corrected chi connectivity index (χ0v) is 21.8. The minimum atomic E-state index is -0.395. The maximum atomic E-state index is 15.0. The Morgan fingerprint density at radius 1 is 1.02 bits per heavy atom. The zero-order valence-electron chi connectivity index (χ0n) is 21.8. The maximum absolute atomic E-state index is 15.0. The highest BCUT2D eigenvalue weighted by Crippen LogP contribution is 2.33. The molecule has 6 rings (SSSR count). The van der Waals surface area contributed by atoms with E-state index < -0.39 is 5.91 Å². The van der Waals surface area contributed by atoms with Gasteiger partial charge in [0.25, 0.3) is 11.8 Å². The molecule has 3 aliphatic heterocycles. The van der Waals surface area contributed by atoms with Crippen molar-refractivity contribution in [3.05, 3.63) is 99.9 Å². The Kier molecular flexibility index (Phi) is 6.78. The first-order chi connectivity index (χ1) is 19.4. The number of anilines is 1. The van der Waals surface area contributed by atoms with Crippen molar-refractivity contribution >= 4 is 23.4 Å². The standard InChI is InChI=1S/C31H28FN5O3/c32-26-12-20(16-36-17-23(18-36)21-7-4-19(13-33)5-8-21)6-9-22(26)14-34-27-3-1-2-25-29(27)31(40)37(30(25)39)24-10-11-28(38)35-15-24/h1-9,12,23-24,34H,10-11,14-18H2,(H,35,38). The second-order valence-corrected chi connectivity index (χ2v) is 10.6. The summed E-state index contributed by atoms with van der Waals surface area (Å²) in [4.78, 5) is 41.3. The first-order valence-electron chi connectivity index (χ1n) is 13.4. The molecular weight excluding hydrogens is 509 g/mol. The lowest BCUT2D eigenvalue weighted by Gasteiger charge is -2.39. The van der Waals surface area contributed by atoms with Crippen LogP contribution in [0.3, 0.4) is 0 Å². The Hall–Kier alpha value is -4.55. The molecule has 3 amide bonds. The van der Waals surface area contributed by atoms with Crippen LogP contribution in [0.1, 0.15) is 61.7 Å². The number of fused-ring (bicyclic) bond motifs is 1. The summed E-state index contributed by atoms with van der Waals surface area (Å²) in [5, 5.41) is 14.9. The Labute approximate surface area is 231 Å². The van der Waals surface area contributed by atoms with Crippen LogP contribution < -0.4 is 10.6 Å². The highest BCUT2D eigenvalue weighted by molar-refractivity contribution is 6.24. The van der Waals surface area contributed by atoms with Gasteiger partial charge in [0.05, 0.1) is 28.8 Å². The summed E-state index contributed by atoms with van der Waals surface area (Å²) in [6.07, 6.45) is 0.707. The van der Waals surface area contributed by atoms with Gasteiger partial charge in [0, 0.05) is 56.3 Å². The average Bonchev–Trinajstić information content (AvgIpc) is 3.20. The summed E-state index contributed by atoms with van der Waals surface area (Å²) >= 11 is 0. The molecule has 9 heteroatoms. The van der Waals surface area contributed by atoms with Gasteiger partial charge in [-0.15, -0.1) is 0 Å². The molecule has 3 aliphatic rings. The highest BCUT2D eigenvalue weighted by Gasteiger charge is 2.42. The lowest BCUT2D eigenvalue weighted by Crippen LogP contribution is -2.50. The number of hydrogen-bond acceptors (Lipinski definition) is 6. The molecule has 2 saturated heterocycles. The fourth-order valence-electron chi connectivity index (χ4n) is 5.74. The van der Waals surface area contributed by atoms with Crippen molar-refractivity contribution in [3.8, 4) is 6.07 Å². The lowest BCUT2D eigenvalue weighted by atomic mass is 9.90. The molecule has 3 heterocycles. The minimum absolute atomic E-state index is 0.0829. The summed E-state index contributed by atoms with van der Waals surface area (Å²) in [5.41, 5.74) is 4.30. The summed E-state index contributed by atoms with van der Waals surface area (Å²) in [6.45, 7) is 2.82. The van der Waals surface area contributed by atoms with Crippen LogP contribution >= 0.6 is 0 Å². The molecule has 2 fully saturated rings. The molecule has 0 aliphatic carbocycles. The molecule has 3 aromatic carbocycles. The SMILES string of the molecule is N#Cc1ccc(C2CN(Cc3ccc(CNc4cccc5c4C(=O)N(C4CCC(=O)NC4)C5=O)c(F)c3)C2)cc1. The molecule has 0 spiro atoms. The summed E-state index contributed by atoms with van der Waals surface area (Å²) < 4.78 is 15.0. The molecule has 0 bridgehead atoms. The molecule has 2 N–H and O–H groups in total. The predicted octanol–water partition coefficient (Wildman–Crippen LogP) is 3.78. The first kappa shape index (κ1) is 25.7. The molecule has 3 aromatic rings. The van der Waals surface area contributed by atoms with Crippen molar-refractivity contribution in [1.29, 1.82) is 5.26 Å². The van der Waals surface area contributed by atoms with Gasteiger partial charge >= 0.3 is 0 Å². The van der Waals surface area contributed by atoms with E-state index >= 15 is 4.39 Å². The fraction of sp³-hybridized carbons (Fsp3) is 0.290. The number of carbonyl (C=O) groups excluding carboxylic acids is 3. The second-order valence-electron chi connectivity index (χ2n) is 10.6. The van der Waals surface area contributed by atoms with Gasteiger partial charge in [-0.2, -0.15) is 5.26 Å². The number of hydrogen-bond donors (Lipinski definition) is 2. The average molecular weight is 538 g/mol. The highest BCUT2D eigenvalue weighted by atomic mass is 19.1. The lowest BCUT2D eigenvalue weighted by molar-refractivity contribution is -0.123. The van der Waals surface area contributed by atoms with Gasteiger partial charge in [-0.3, -0.25) is 24.2 Å². The summed E-state index contributed by atoms with van der Waals surface area (Å²) in [7, 11) is 0. The van der Waals surface area contributed by atoms with Crippen LogP contribution in [0, 0.1) is 17.1 Å². The van der Waals surface area contributed by atoms with Crippen LogP contribution in [-0.2, 0) is 17.9 Å². The van der Waals surface area contributed by atoms with Crippen molar-refractivity contribution in [2.75, 3.05) is 25.0 Å². The Balaban J connectivity index is 1.07. The molecular formula is C31H28FN5O3. The molecule has 0 aromatic heterocycles. The monoisotopic (exact) mass is 537 g/mol. The smallest absolute Gasteiger partial charge is 0.263 e. The number of piperidine rings is 1. The largest absolute Gasteiger partial charge is 0.380 e. The van der Waals surface area contributed by atoms with E-state index in [-0.39, 0.29) is 48.7 Å². The number of likely N-dealkylation sites (tertiary alicyclic amines) is 1. The van der Waals surface area contributed by atoms with E-state index in [0.29, 0.717) is 41.3 Å². The molecule has 1 atom stereocenters. The van der Waals surface area contributed by atoms with Crippen molar-refractivity contribution in [2.24, 2.45) is 0 Å². The quantitative estimate of drug-likeness (QED) is 0.445. The van der Waals surface area contributed by atoms with Crippen molar-refractivity contribution in [2.45, 2.75) is 37.9 Å². The summed E-state index contributed by atoms with van der Waals surface area (Å²) in [5.74, 6) is -0.762. The fourth-order valence-corrected chi connectivity index (χ4v) is 5.74. The number of imide groups is 1. The van der Waals surface area contributed by atoms with Crippen LogP contribution in [0.2, 0.25) is 0 Å². The van der Waals surface area contributed by atoms with Gasteiger partial charge in [-0.25, -0.2) is 4.39 Å². The van der Waals surface area contributed by atoms with Gasteiger partial charge in [0.2, 0.25) is 5.91 Å². The number of amides is 3. The van der Waals surface area contributed by atoms with Crippen LogP contribution in [0.5, 0.6) is 0 Å². The Bertz CT molecular complexity index is 1530. The first-order valence-corrected chi connectivity index (χ1v) is 13.4. The van der Waals surface area contributed by atoms with Gasteiger partial charge < -0.3 is 10.6 Å². The maximum Gasteiger partial charge on any atom is 0.263 e. The third kappa shape index (κ3) is 4.82. The van der Waals surface area contributed by atoms with E-state index in [1.165, 1.54) is 10.5 Å². The Morgan fingerprint density at radius 3 is 2.52 bits per heavy atom. The van der Waals surface area contributed by atoms with Crippen LogP contribution in [0.25, 0.3) is 0 Å². The molecule has 0 radical (unpaired) electrons. The van der Waals surface area contributed by atoms with E-state index in [9.17, 15) is 14.4 Å². The molecule has 0 saturated carbocycles. The predicted molar refractivity (Wildman–Crippen MR) is 146 cm³/mol. The second kappa shape index (κ2) is 10.5. The van der Waals surface area contributed by atoms with Gasteiger partial charge in [0.15, 0.2) is 0 Å². The number of nitrogens with zero attached hydrogens (tertiary/aromatic N) is 3. The molecule has 1 unspecified atom stereocenters.